The molecule has 0 saturated heterocycles. The average molecular weight is 399 g/mol. The van der Waals surface area contributed by atoms with Crippen LogP contribution in [0.5, 0.6) is 0 Å². The predicted octanol–water partition coefficient (Wildman–Crippen LogP) is 2.35. The monoisotopic (exact) mass is 398 g/mol. The molecule has 3 nitrogen and oxygen atoms in total. The summed E-state index contributed by atoms with van der Waals surface area (Å²) < 4.78 is 18.9. The molecule has 0 N–H and O–H groups in total. The van der Waals surface area contributed by atoms with Gasteiger partial charge in [0.05, 0.1) is 0 Å². The zero-order valence-electron chi connectivity index (χ0n) is 16.0. The van der Waals surface area contributed by atoms with E-state index in [1.54, 1.807) is 0 Å². The zero-order chi connectivity index (χ0) is 16.9. The molecule has 0 bridgehead atoms. The van der Waals surface area contributed by atoms with E-state index >= 15 is 0 Å². The molecule has 0 radical (unpaired) electrons. The Morgan fingerprint density at radius 3 is 1.14 bits per heavy atom. The van der Waals surface area contributed by atoms with E-state index in [0.29, 0.717) is 0 Å². The Morgan fingerprint density at radius 2 is 0.857 bits per heavy atom. The van der Waals surface area contributed by atoms with E-state index in [2.05, 4.69) is 65.8 Å². The summed E-state index contributed by atoms with van der Waals surface area (Å²) in [6, 6.07) is 0. The molecule has 0 aliphatic rings. The molecule has 0 aliphatic carbocycles. The first-order chi connectivity index (χ1) is 9.20. The average Bonchev–Trinajstić information content (AvgIpc) is 2.22. The summed E-state index contributed by atoms with van der Waals surface area (Å²) in [6.45, 7) is 23.1. The van der Waals surface area contributed by atoms with Gasteiger partial charge in [-0.25, -0.2) is 0 Å². The van der Waals surface area contributed by atoms with Crippen molar-refractivity contribution in [2.45, 2.75) is 76.6 Å². The highest BCUT2D eigenvalue weighted by molar-refractivity contribution is 6.78. The van der Waals surface area contributed by atoms with Crippen molar-refractivity contribution >= 4 is 54.2 Å². The number of rotatable bonds is 10. The lowest BCUT2D eigenvalue weighted by Crippen LogP contribution is -2.38. The minimum atomic E-state index is -1.38. The molecule has 0 spiro atoms. The third-order valence-corrected chi connectivity index (χ3v) is 21.8. The molecule has 0 aromatic rings. The van der Waals surface area contributed by atoms with Crippen LogP contribution in [-0.4, -0.2) is 54.2 Å². The fourth-order valence-corrected chi connectivity index (χ4v) is 15.4. The molecule has 0 heterocycles. The first kappa shape index (κ1) is 22.2. The molecule has 0 fully saturated rings. The summed E-state index contributed by atoms with van der Waals surface area (Å²) in [5.74, 6) is 0. The van der Waals surface area contributed by atoms with Crippen LogP contribution in [0.1, 0.15) is 6.92 Å². The smallest absolute Gasteiger partial charge is 0.169 e. The molecule has 21 heavy (non-hydrogen) atoms. The maximum atomic E-state index is 6.34. The third kappa shape index (κ3) is 14.5. The second-order valence-electron chi connectivity index (χ2n) is 9.01. The summed E-state index contributed by atoms with van der Waals surface area (Å²) in [5.41, 5.74) is 0.739. The van der Waals surface area contributed by atoms with Crippen molar-refractivity contribution in [3.8, 4) is 0 Å². The van der Waals surface area contributed by atoms with Crippen LogP contribution in [0, 0.1) is 0 Å². The number of hydrogen-bond donors (Lipinski definition) is 0. The van der Waals surface area contributed by atoms with Crippen molar-refractivity contribution < 1.29 is 12.3 Å². The van der Waals surface area contributed by atoms with Crippen LogP contribution in [0.25, 0.3) is 0 Å². The van der Waals surface area contributed by atoms with Crippen LogP contribution < -0.4 is 0 Å². The minimum Gasteiger partial charge on any atom is -0.461 e. The molecule has 0 amide bonds. The quantitative estimate of drug-likeness (QED) is 0.529. The van der Waals surface area contributed by atoms with Gasteiger partial charge in [0.1, 0.15) is 29.3 Å². The Hall–Kier alpha value is 1.18. The van der Waals surface area contributed by atoms with Gasteiger partial charge in [0.15, 0.2) is 25.0 Å². The molecular weight excluding hydrogens is 361 g/mol. The third-order valence-electron chi connectivity index (χ3n) is 3.04. The lowest BCUT2D eigenvalue weighted by molar-refractivity contribution is 0.541. The molecule has 0 rings (SSSR count). The Bertz CT molecular complexity index is 277. The summed E-state index contributed by atoms with van der Waals surface area (Å²) >= 11 is 0. The predicted molar refractivity (Wildman–Crippen MR) is 112 cm³/mol. The van der Waals surface area contributed by atoms with Gasteiger partial charge in [0.25, 0.3) is 0 Å². The molecule has 128 valence electrons. The molecule has 0 aromatic heterocycles. The van der Waals surface area contributed by atoms with E-state index in [4.69, 9.17) is 12.3 Å². The maximum absolute atomic E-state index is 6.34. The van der Waals surface area contributed by atoms with E-state index in [-0.39, 0.29) is 0 Å². The Kier molecular flexibility index (Phi) is 9.37. The van der Waals surface area contributed by atoms with E-state index in [9.17, 15) is 0 Å². The lowest BCUT2D eigenvalue weighted by Gasteiger charge is -2.30. The largest absolute Gasteiger partial charge is 0.461 e. The van der Waals surface area contributed by atoms with Crippen molar-refractivity contribution in [3.05, 3.63) is 0 Å². The van der Waals surface area contributed by atoms with E-state index in [1.165, 1.54) is 0 Å². The van der Waals surface area contributed by atoms with Gasteiger partial charge < -0.3 is 12.3 Å². The van der Waals surface area contributed by atoms with Gasteiger partial charge in [0, 0.05) is 0 Å². The van der Waals surface area contributed by atoms with Gasteiger partial charge in [-0.05, 0) is 69.6 Å². The molecule has 0 aliphatic heterocycles. The molecule has 0 saturated carbocycles. The normalized spacial score (nSPS) is 18.6. The second kappa shape index (κ2) is 8.87. The topological polar surface area (TPSA) is 27.7 Å². The van der Waals surface area contributed by atoms with Crippen LogP contribution in [0.3, 0.4) is 0 Å². The molecule has 9 heteroatoms. The van der Waals surface area contributed by atoms with Gasteiger partial charge in [-0.2, -0.15) is 0 Å². The van der Waals surface area contributed by atoms with E-state index in [1.807, 2.05) is 0 Å². The fourth-order valence-electron chi connectivity index (χ4n) is 1.61. The Labute approximate surface area is 143 Å². The minimum absolute atomic E-state index is 0.442. The van der Waals surface area contributed by atoms with Crippen LogP contribution in [0.4, 0.5) is 0 Å². The van der Waals surface area contributed by atoms with Crippen LogP contribution in [0.15, 0.2) is 0 Å². The maximum Gasteiger partial charge on any atom is 0.169 e. The van der Waals surface area contributed by atoms with Crippen molar-refractivity contribution in [3.63, 3.8) is 0 Å². The van der Waals surface area contributed by atoms with Crippen molar-refractivity contribution in [1.82, 2.24) is 0 Å². The van der Waals surface area contributed by atoms with Crippen LogP contribution in [-0.2, 0) is 12.3 Å². The lowest BCUT2D eigenvalue weighted by atomic mass is 10.5. The van der Waals surface area contributed by atoms with Gasteiger partial charge in [-0.3, -0.25) is 0 Å². The zero-order valence-corrected chi connectivity index (χ0v) is 23.2. The summed E-state index contributed by atoms with van der Waals surface area (Å²) in [6.07, 6.45) is 0. The van der Waals surface area contributed by atoms with E-state index < -0.39 is 54.2 Å². The van der Waals surface area contributed by atoms with Gasteiger partial charge >= 0.3 is 0 Å². The van der Waals surface area contributed by atoms with Crippen molar-refractivity contribution in [2.75, 3.05) is 0 Å². The molecule has 0 aromatic carbocycles. The first-order valence-electron chi connectivity index (χ1n) is 8.11. The SMILES string of the molecule is CC([SiH2]O[Si](C)(C)C)C([SiH2]O[Si](C)(C)C)[SiH2]O[Si](C)(C)C. The molecule has 1 atom stereocenters. The fraction of sp³-hybridized carbons (Fsp3) is 1.00. The highest BCUT2D eigenvalue weighted by Gasteiger charge is 2.27. The number of hydrogen-bond acceptors (Lipinski definition) is 3. The second-order valence-corrected chi connectivity index (χ2v) is 30.7. The summed E-state index contributed by atoms with van der Waals surface area (Å²) in [7, 11) is -5.49. The van der Waals surface area contributed by atoms with Gasteiger partial charge in [-0.1, -0.05) is 6.92 Å². The van der Waals surface area contributed by atoms with Crippen LogP contribution >= 0.6 is 0 Å². The molecule has 1 unspecified atom stereocenters. The van der Waals surface area contributed by atoms with Crippen molar-refractivity contribution in [1.29, 1.82) is 0 Å². The van der Waals surface area contributed by atoms with Crippen molar-refractivity contribution in [2.24, 2.45) is 0 Å². The Balaban J connectivity index is 4.54. The summed E-state index contributed by atoms with van der Waals surface area (Å²) in [4.78, 5) is 0. The highest BCUT2D eigenvalue weighted by Crippen LogP contribution is 2.25. The molecular formula is C12H38O3Si6. The highest BCUT2D eigenvalue weighted by atomic mass is 28.4. The Morgan fingerprint density at radius 1 is 0.571 bits per heavy atom. The van der Waals surface area contributed by atoms with Crippen LogP contribution in [0.2, 0.25) is 69.6 Å². The summed E-state index contributed by atoms with van der Waals surface area (Å²) in [5, 5.41) is 0.770. The standard InChI is InChI=1S/C12H38O3Si6/c1-11(16-13-19(2,3)4)12(17-14-20(5,6)7)18-15-21(8,9)10/h11-12H,16-18H2,1-10H3. The van der Waals surface area contributed by atoms with Gasteiger partial charge in [-0.15, -0.1) is 0 Å². The first-order valence-corrected chi connectivity index (χ1v) is 22.5. The van der Waals surface area contributed by atoms with Gasteiger partial charge in [0.2, 0.25) is 0 Å². The van der Waals surface area contributed by atoms with E-state index in [0.717, 1.165) is 10.7 Å².